The molecular formula is C48H30N2S. The summed E-state index contributed by atoms with van der Waals surface area (Å²) in [6.07, 6.45) is 0. The van der Waals surface area contributed by atoms with E-state index in [4.69, 9.17) is 0 Å². The second-order valence-electron chi connectivity index (χ2n) is 13.3. The van der Waals surface area contributed by atoms with Gasteiger partial charge in [-0.1, -0.05) is 115 Å². The molecule has 51 heavy (non-hydrogen) atoms. The van der Waals surface area contributed by atoms with E-state index in [0.29, 0.717) is 0 Å². The summed E-state index contributed by atoms with van der Waals surface area (Å²) in [4.78, 5) is 0. The number of para-hydroxylation sites is 3. The van der Waals surface area contributed by atoms with Gasteiger partial charge in [-0.25, -0.2) is 0 Å². The Kier molecular flexibility index (Phi) is 6.16. The van der Waals surface area contributed by atoms with Crippen molar-refractivity contribution in [2.75, 3.05) is 0 Å². The molecule has 0 aliphatic rings. The van der Waals surface area contributed by atoms with Gasteiger partial charge in [0, 0.05) is 58.7 Å². The van der Waals surface area contributed by atoms with E-state index in [-0.39, 0.29) is 0 Å². The highest BCUT2D eigenvalue weighted by molar-refractivity contribution is 7.26. The average Bonchev–Trinajstić information content (AvgIpc) is 3.86. The molecular weight excluding hydrogens is 637 g/mol. The first kappa shape index (κ1) is 28.4. The number of hydrogen-bond donors (Lipinski definition) is 0. The Labute approximate surface area is 298 Å². The highest BCUT2D eigenvalue weighted by Gasteiger charge is 2.22. The van der Waals surface area contributed by atoms with Gasteiger partial charge in [0.25, 0.3) is 0 Å². The van der Waals surface area contributed by atoms with Crippen molar-refractivity contribution < 1.29 is 0 Å². The Morgan fingerprint density at radius 1 is 0.353 bits per heavy atom. The first-order valence-corrected chi connectivity index (χ1v) is 18.3. The maximum atomic E-state index is 2.49. The molecule has 8 aromatic carbocycles. The largest absolute Gasteiger partial charge is 0.309 e. The minimum absolute atomic E-state index is 1.17. The fraction of sp³-hybridized carbons (Fsp3) is 0. The maximum Gasteiger partial charge on any atom is 0.0634 e. The van der Waals surface area contributed by atoms with Crippen LogP contribution in [0, 0.1) is 0 Å². The molecule has 0 bridgehead atoms. The Hall–Kier alpha value is -6.42. The molecule has 11 aromatic rings. The van der Waals surface area contributed by atoms with E-state index in [1.165, 1.54) is 97.4 Å². The second kappa shape index (κ2) is 11.0. The summed E-state index contributed by atoms with van der Waals surface area (Å²) in [5.74, 6) is 0. The first-order chi connectivity index (χ1) is 25.3. The predicted molar refractivity (Wildman–Crippen MR) is 219 cm³/mol. The summed E-state index contributed by atoms with van der Waals surface area (Å²) in [7, 11) is 0. The molecule has 0 radical (unpaired) electrons. The molecule has 0 aliphatic carbocycles. The molecule has 3 heteroatoms. The zero-order valence-corrected chi connectivity index (χ0v) is 28.4. The molecule has 0 N–H and O–H groups in total. The lowest BCUT2D eigenvalue weighted by molar-refractivity contribution is 1.18. The Balaban J connectivity index is 1.28. The van der Waals surface area contributed by atoms with Gasteiger partial charge in [0.05, 0.1) is 22.1 Å². The van der Waals surface area contributed by atoms with Crippen molar-refractivity contribution in [2.24, 2.45) is 0 Å². The van der Waals surface area contributed by atoms with Gasteiger partial charge in [-0.15, -0.1) is 11.3 Å². The van der Waals surface area contributed by atoms with Crippen LogP contribution >= 0.6 is 11.3 Å². The Morgan fingerprint density at radius 2 is 0.902 bits per heavy atom. The first-order valence-electron chi connectivity index (χ1n) is 17.4. The van der Waals surface area contributed by atoms with Crippen LogP contribution in [0.5, 0.6) is 0 Å². The standard InChI is InChI=1S/C48H30N2S/c1-4-14-31(15-5-1)32-24-26-44-40(28-32)41-30-38(48-46(37-21-11-13-23-45(37)51-48)47(41)50(44)35-18-8-3-9-19-35)33-25-27-43-39(29-33)36-20-10-12-22-42(36)49(43)34-16-6-2-7-17-34/h1-30H. The zero-order chi connectivity index (χ0) is 33.5. The van der Waals surface area contributed by atoms with Crippen molar-refractivity contribution >= 4 is 75.1 Å². The zero-order valence-electron chi connectivity index (χ0n) is 27.6. The second-order valence-corrected chi connectivity index (χ2v) is 14.4. The average molecular weight is 667 g/mol. The summed E-state index contributed by atoms with van der Waals surface area (Å²) in [6, 6.07) is 66.5. The van der Waals surface area contributed by atoms with E-state index < -0.39 is 0 Å². The van der Waals surface area contributed by atoms with Crippen molar-refractivity contribution in [3.05, 3.63) is 182 Å². The molecule has 0 saturated heterocycles. The van der Waals surface area contributed by atoms with Crippen LogP contribution in [-0.2, 0) is 0 Å². The van der Waals surface area contributed by atoms with Crippen LogP contribution in [0.15, 0.2) is 182 Å². The number of thiophene rings is 1. The summed E-state index contributed by atoms with van der Waals surface area (Å²) in [5.41, 5.74) is 12.2. The molecule has 0 fully saturated rings. The quantitative estimate of drug-likeness (QED) is 0.177. The molecule has 0 aliphatic heterocycles. The third-order valence-corrected chi connectivity index (χ3v) is 11.7. The van der Waals surface area contributed by atoms with E-state index >= 15 is 0 Å². The third kappa shape index (κ3) is 4.22. The Bertz CT molecular complexity index is 3110. The maximum absolute atomic E-state index is 2.49. The van der Waals surface area contributed by atoms with Crippen molar-refractivity contribution in [3.8, 4) is 33.6 Å². The van der Waals surface area contributed by atoms with Crippen LogP contribution < -0.4 is 0 Å². The molecule has 238 valence electrons. The lowest BCUT2D eigenvalue weighted by Gasteiger charge is -2.11. The molecule has 2 nitrogen and oxygen atoms in total. The molecule has 11 rings (SSSR count). The lowest BCUT2D eigenvalue weighted by atomic mass is 9.96. The van der Waals surface area contributed by atoms with Crippen LogP contribution in [-0.4, -0.2) is 9.13 Å². The third-order valence-electron chi connectivity index (χ3n) is 10.5. The van der Waals surface area contributed by atoms with E-state index in [1.54, 1.807) is 0 Å². The van der Waals surface area contributed by atoms with Crippen LogP contribution in [0.3, 0.4) is 0 Å². The summed E-state index contributed by atoms with van der Waals surface area (Å²) in [6.45, 7) is 0. The van der Waals surface area contributed by atoms with Gasteiger partial charge >= 0.3 is 0 Å². The number of aromatic nitrogens is 2. The number of nitrogens with zero attached hydrogens (tertiary/aromatic N) is 2. The summed E-state index contributed by atoms with van der Waals surface area (Å²) in [5, 5.41) is 7.67. The highest BCUT2D eigenvalue weighted by Crippen LogP contribution is 2.48. The van der Waals surface area contributed by atoms with E-state index in [9.17, 15) is 0 Å². The summed E-state index contributed by atoms with van der Waals surface area (Å²) < 4.78 is 7.50. The van der Waals surface area contributed by atoms with E-state index in [0.717, 1.165) is 0 Å². The lowest BCUT2D eigenvalue weighted by Crippen LogP contribution is -1.94. The Morgan fingerprint density at radius 3 is 1.67 bits per heavy atom. The van der Waals surface area contributed by atoms with Crippen LogP contribution in [0.1, 0.15) is 0 Å². The number of rotatable bonds is 4. The molecule has 3 heterocycles. The molecule has 3 aromatic heterocycles. The smallest absolute Gasteiger partial charge is 0.0634 e. The van der Waals surface area contributed by atoms with Crippen LogP contribution in [0.2, 0.25) is 0 Å². The van der Waals surface area contributed by atoms with Gasteiger partial charge in [-0.2, -0.15) is 0 Å². The van der Waals surface area contributed by atoms with Crippen molar-refractivity contribution in [1.29, 1.82) is 0 Å². The molecule has 0 atom stereocenters. The predicted octanol–water partition coefficient (Wildman–Crippen LogP) is 13.6. The van der Waals surface area contributed by atoms with Crippen molar-refractivity contribution in [3.63, 3.8) is 0 Å². The normalized spacial score (nSPS) is 11.9. The monoisotopic (exact) mass is 666 g/mol. The van der Waals surface area contributed by atoms with Crippen molar-refractivity contribution in [2.45, 2.75) is 0 Å². The van der Waals surface area contributed by atoms with Gasteiger partial charge in [0.1, 0.15) is 0 Å². The number of hydrogen-bond acceptors (Lipinski definition) is 1. The van der Waals surface area contributed by atoms with Crippen molar-refractivity contribution in [1.82, 2.24) is 9.13 Å². The minimum atomic E-state index is 1.17. The van der Waals surface area contributed by atoms with Crippen LogP contribution in [0.25, 0.3) is 97.4 Å². The van der Waals surface area contributed by atoms with Crippen LogP contribution in [0.4, 0.5) is 0 Å². The topological polar surface area (TPSA) is 9.86 Å². The summed E-state index contributed by atoms with van der Waals surface area (Å²) >= 11 is 1.90. The molecule has 0 unspecified atom stereocenters. The molecule has 0 amide bonds. The minimum Gasteiger partial charge on any atom is -0.309 e. The SMILES string of the molecule is c1ccc(-c2ccc3c(c2)c2cc(-c4ccc5c(c4)c4ccccc4n5-c4ccccc4)c4sc5ccccc5c4c2n3-c2ccccc2)cc1. The van der Waals surface area contributed by atoms with Gasteiger partial charge < -0.3 is 9.13 Å². The van der Waals surface area contributed by atoms with Gasteiger partial charge in [0.2, 0.25) is 0 Å². The fourth-order valence-corrected chi connectivity index (χ4v) is 9.50. The van der Waals surface area contributed by atoms with Gasteiger partial charge in [0.15, 0.2) is 0 Å². The fourth-order valence-electron chi connectivity index (χ4n) is 8.25. The number of fused-ring (bicyclic) bond motifs is 10. The highest BCUT2D eigenvalue weighted by atomic mass is 32.1. The van der Waals surface area contributed by atoms with Gasteiger partial charge in [-0.05, 0) is 83.4 Å². The number of benzene rings is 8. The molecule has 0 saturated carbocycles. The van der Waals surface area contributed by atoms with Gasteiger partial charge in [-0.3, -0.25) is 0 Å². The van der Waals surface area contributed by atoms with E-state index in [1.807, 2.05) is 11.3 Å². The van der Waals surface area contributed by atoms with E-state index in [2.05, 4.69) is 191 Å². The molecule has 0 spiro atoms.